The van der Waals surface area contributed by atoms with E-state index >= 15 is 0 Å². The van der Waals surface area contributed by atoms with Crippen molar-refractivity contribution in [3.8, 4) is 0 Å². The highest BCUT2D eigenvalue weighted by Crippen LogP contribution is 2.24. The number of ether oxygens (including phenoxy) is 1. The maximum absolute atomic E-state index is 13.2. The molecule has 26 heavy (non-hydrogen) atoms. The van der Waals surface area contributed by atoms with Crippen LogP contribution in [0.3, 0.4) is 0 Å². The van der Waals surface area contributed by atoms with E-state index in [4.69, 9.17) is 4.74 Å². The van der Waals surface area contributed by atoms with E-state index in [0.717, 1.165) is 11.1 Å². The molecular weight excluding hydrogens is 335 g/mol. The third-order valence-corrected chi connectivity index (χ3v) is 4.86. The number of methoxy groups -OCH3 is 1. The molecule has 0 spiro atoms. The Balaban J connectivity index is 2.24. The summed E-state index contributed by atoms with van der Waals surface area (Å²) in [6, 6.07) is 5.74. The topological polar surface area (TPSA) is 63.2 Å². The Hall–Kier alpha value is -2.21. The number of hydrogen-bond acceptors (Lipinski definition) is 3. The molecule has 0 saturated carbocycles. The number of amides is 1. The Morgan fingerprint density at radius 3 is 2.42 bits per heavy atom. The summed E-state index contributed by atoms with van der Waals surface area (Å²) in [7, 11) is 1.38. The Bertz CT molecular complexity index is 698. The van der Waals surface area contributed by atoms with Crippen molar-refractivity contribution < 1.29 is 24.0 Å². The van der Waals surface area contributed by atoms with Crippen molar-refractivity contribution in [3.05, 3.63) is 46.8 Å². The van der Waals surface area contributed by atoms with Crippen molar-refractivity contribution in [1.29, 1.82) is 0 Å². The van der Waals surface area contributed by atoms with Gasteiger partial charge in [-0.2, -0.15) is 0 Å². The van der Waals surface area contributed by atoms with Crippen LogP contribution in [0.2, 0.25) is 0 Å². The summed E-state index contributed by atoms with van der Waals surface area (Å²) in [5.74, 6) is -0.326. The summed E-state index contributed by atoms with van der Waals surface area (Å²) in [5.41, 5.74) is 2.48. The minimum Gasteiger partial charge on any atom is -0.465 e. The number of carbonyl (C=O) groups is 2. The maximum Gasteiger partial charge on any atom is 0.364 e. The van der Waals surface area contributed by atoms with Crippen LogP contribution >= 0.6 is 0 Å². The summed E-state index contributed by atoms with van der Waals surface area (Å²) in [5, 5.41) is 1.92. The van der Waals surface area contributed by atoms with Crippen LogP contribution in [0.5, 0.6) is 0 Å². The number of halogens is 1. The van der Waals surface area contributed by atoms with Gasteiger partial charge in [-0.05, 0) is 37.5 Å². The van der Waals surface area contributed by atoms with Crippen molar-refractivity contribution in [2.24, 2.45) is 5.92 Å². The van der Waals surface area contributed by atoms with Gasteiger partial charge < -0.3 is 10.1 Å². The SMILES string of the molecule is COC(=O)[C@@H](CC(C)C)[NH2+][C@H]1C(C)=C(C)C(=O)N1Cc1ccc(F)cc1. The lowest BCUT2D eigenvalue weighted by atomic mass is 10.0. The van der Waals surface area contributed by atoms with Crippen LogP contribution in [-0.4, -0.2) is 36.1 Å². The predicted octanol–water partition coefficient (Wildman–Crippen LogP) is 1.98. The molecule has 0 unspecified atom stereocenters. The van der Waals surface area contributed by atoms with Crippen LogP contribution in [-0.2, 0) is 20.9 Å². The van der Waals surface area contributed by atoms with Crippen LogP contribution < -0.4 is 5.32 Å². The van der Waals surface area contributed by atoms with Crippen molar-refractivity contribution >= 4 is 11.9 Å². The standard InChI is InChI=1S/C20H27FN2O3/c1-12(2)10-17(20(25)26-5)22-18-13(3)14(4)19(24)23(18)11-15-6-8-16(21)9-7-15/h6-9,12,17-18,22H,10-11H2,1-5H3/p+1/t17-,18-/m1/s1. The number of benzene rings is 1. The molecule has 1 heterocycles. The monoisotopic (exact) mass is 363 g/mol. The van der Waals surface area contributed by atoms with Gasteiger partial charge in [-0.1, -0.05) is 26.0 Å². The molecule has 2 atom stereocenters. The molecule has 1 amide bonds. The number of nitrogens with zero attached hydrogens (tertiary/aromatic N) is 1. The molecular formula is C20H28FN2O3+. The largest absolute Gasteiger partial charge is 0.465 e. The lowest BCUT2D eigenvalue weighted by Gasteiger charge is -2.28. The smallest absolute Gasteiger partial charge is 0.364 e. The fraction of sp³-hybridized carbons (Fsp3) is 0.500. The van der Waals surface area contributed by atoms with Crippen molar-refractivity contribution in [1.82, 2.24) is 4.90 Å². The molecule has 142 valence electrons. The van der Waals surface area contributed by atoms with E-state index in [1.54, 1.807) is 24.0 Å². The molecule has 0 radical (unpaired) electrons. The number of hydrogen-bond donors (Lipinski definition) is 1. The quantitative estimate of drug-likeness (QED) is 0.754. The minimum absolute atomic E-state index is 0.0544. The Morgan fingerprint density at radius 1 is 1.27 bits per heavy atom. The van der Waals surface area contributed by atoms with Gasteiger partial charge >= 0.3 is 5.97 Å². The third kappa shape index (κ3) is 4.49. The maximum atomic E-state index is 13.2. The van der Waals surface area contributed by atoms with Crippen molar-refractivity contribution in [2.45, 2.75) is 52.9 Å². The lowest BCUT2D eigenvalue weighted by molar-refractivity contribution is -0.719. The van der Waals surface area contributed by atoms with Crippen LogP contribution in [0.4, 0.5) is 4.39 Å². The van der Waals surface area contributed by atoms with E-state index in [2.05, 4.69) is 0 Å². The summed E-state index contributed by atoms with van der Waals surface area (Å²) >= 11 is 0. The van der Waals surface area contributed by atoms with Gasteiger partial charge in [-0.3, -0.25) is 9.69 Å². The highest BCUT2D eigenvalue weighted by atomic mass is 19.1. The molecule has 6 heteroatoms. The van der Waals surface area contributed by atoms with Gasteiger partial charge in [0.15, 0.2) is 12.2 Å². The van der Waals surface area contributed by atoms with E-state index in [-0.39, 0.29) is 29.9 Å². The fourth-order valence-corrected chi connectivity index (χ4v) is 3.30. The first kappa shape index (κ1) is 20.1. The average molecular weight is 363 g/mol. The molecule has 1 aromatic rings. The van der Waals surface area contributed by atoms with Gasteiger partial charge in [0.1, 0.15) is 5.82 Å². The van der Waals surface area contributed by atoms with Gasteiger partial charge in [0.25, 0.3) is 5.91 Å². The second kappa shape index (κ2) is 8.45. The molecule has 0 aromatic heterocycles. The predicted molar refractivity (Wildman–Crippen MR) is 96.3 cm³/mol. The number of nitrogens with two attached hydrogens (primary N) is 1. The lowest BCUT2D eigenvalue weighted by Crippen LogP contribution is -2.99. The zero-order chi connectivity index (χ0) is 19.4. The molecule has 2 N–H and O–H groups in total. The highest BCUT2D eigenvalue weighted by Gasteiger charge is 2.40. The summed E-state index contributed by atoms with van der Waals surface area (Å²) in [4.78, 5) is 26.6. The van der Waals surface area contributed by atoms with Crippen molar-refractivity contribution in [2.75, 3.05) is 7.11 Å². The zero-order valence-electron chi connectivity index (χ0n) is 16.1. The molecule has 0 fully saturated rings. The van der Waals surface area contributed by atoms with E-state index in [0.29, 0.717) is 24.5 Å². The first-order chi connectivity index (χ1) is 12.2. The summed E-state index contributed by atoms with van der Waals surface area (Å²) in [6.07, 6.45) is 0.393. The van der Waals surface area contributed by atoms with Gasteiger partial charge in [-0.25, -0.2) is 9.18 Å². The van der Waals surface area contributed by atoms with Gasteiger partial charge in [0, 0.05) is 17.6 Å². The third-order valence-electron chi connectivity index (χ3n) is 4.86. The Kier molecular flexibility index (Phi) is 6.53. The number of esters is 1. The average Bonchev–Trinajstić information content (AvgIpc) is 2.80. The fourth-order valence-electron chi connectivity index (χ4n) is 3.30. The first-order valence-corrected chi connectivity index (χ1v) is 8.90. The highest BCUT2D eigenvalue weighted by molar-refractivity contribution is 5.96. The Morgan fingerprint density at radius 2 is 1.88 bits per heavy atom. The number of quaternary nitrogens is 1. The van der Waals surface area contributed by atoms with Crippen LogP contribution in [0.15, 0.2) is 35.4 Å². The first-order valence-electron chi connectivity index (χ1n) is 8.90. The molecule has 2 rings (SSSR count). The van der Waals surface area contributed by atoms with Crippen LogP contribution in [0.1, 0.15) is 39.7 Å². The molecule has 0 bridgehead atoms. The van der Waals surface area contributed by atoms with E-state index in [9.17, 15) is 14.0 Å². The molecule has 0 saturated heterocycles. The van der Waals surface area contributed by atoms with E-state index in [1.165, 1.54) is 19.2 Å². The number of carbonyl (C=O) groups excluding carboxylic acids is 2. The van der Waals surface area contributed by atoms with Gasteiger partial charge in [0.05, 0.1) is 13.7 Å². The second-order valence-corrected chi connectivity index (χ2v) is 7.26. The van der Waals surface area contributed by atoms with Crippen molar-refractivity contribution in [3.63, 3.8) is 0 Å². The van der Waals surface area contributed by atoms with E-state index in [1.807, 2.05) is 26.1 Å². The zero-order valence-corrected chi connectivity index (χ0v) is 16.1. The molecule has 1 aromatic carbocycles. The van der Waals surface area contributed by atoms with Crippen LogP contribution in [0.25, 0.3) is 0 Å². The van der Waals surface area contributed by atoms with Crippen LogP contribution in [0, 0.1) is 11.7 Å². The number of rotatable bonds is 7. The second-order valence-electron chi connectivity index (χ2n) is 7.26. The molecule has 1 aliphatic rings. The molecule has 5 nitrogen and oxygen atoms in total. The van der Waals surface area contributed by atoms with Gasteiger partial charge in [0.2, 0.25) is 0 Å². The minimum atomic E-state index is -0.380. The molecule has 1 aliphatic heterocycles. The summed E-state index contributed by atoms with van der Waals surface area (Å²) < 4.78 is 18.1. The summed E-state index contributed by atoms with van der Waals surface area (Å²) in [6.45, 7) is 8.19. The van der Waals surface area contributed by atoms with Gasteiger partial charge in [-0.15, -0.1) is 0 Å². The van der Waals surface area contributed by atoms with E-state index < -0.39 is 0 Å². The Labute approximate surface area is 154 Å². The molecule has 0 aliphatic carbocycles. The normalized spacial score (nSPS) is 18.7.